The highest BCUT2D eigenvalue weighted by Crippen LogP contribution is 2.46. The van der Waals surface area contributed by atoms with Crippen LogP contribution in [0.4, 0.5) is 5.82 Å². The lowest BCUT2D eigenvalue weighted by atomic mass is 10.1. The number of aryl methyl sites for hydroxylation is 1. The zero-order chi connectivity index (χ0) is 24.3. The Morgan fingerprint density at radius 2 is 1.61 bits per heavy atom. The number of hydrogen-bond donors (Lipinski definition) is 0. The Hall–Kier alpha value is -2.31. The minimum Gasteiger partial charge on any atom is -0.544 e. The molecular weight excluding hydrogens is 428 g/mol. The maximum absolute atomic E-state index is 7.19. The van der Waals surface area contributed by atoms with E-state index in [1.807, 2.05) is 48.4 Å². The van der Waals surface area contributed by atoms with E-state index in [-0.39, 0.29) is 12.1 Å². The first kappa shape index (κ1) is 25.3. The van der Waals surface area contributed by atoms with Gasteiger partial charge in [-0.3, -0.25) is 4.84 Å². The molecule has 0 spiro atoms. The number of hydrogen-bond acceptors (Lipinski definition) is 5. The van der Waals surface area contributed by atoms with Crippen LogP contribution in [-0.2, 0) is 9.26 Å². The maximum Gasteiger partial charge on any atom is 0.258 e. The van der Waals surface area contributed by atoms with E-state index in [1.54, 1.807) is 7.11 Å². The highest BCUT2D eigenvalue weighted by atomic mass is 28.4. The van der Waals surface area contributed by atoms with Crippen LogP contribution in [0.25, 0.3) is 0 Å². The van der Waals surface area contributed by atoms with Gasteiger partial charge in [-0.15, -0.1) is 0 Å². The Balaban J connectivity index is 2.10. The number of benzene rings is 1. The summed E-state index contributed by atoms with van der Waals surface area (Å²) in [5.41, 5.74) is 3.41. The highest BCUT2D eigenvalue weighted by Gasteiger charge is 2.48. The summed E-state index contributed by atoms with van der Waals surface area (Å²) in [6.07, 6.45) is 1.85. The molecule has 0 amide bonds. The van der Waals surface area contributed by atoms with Crippen LogP contribution in [0.2, 0.25) is 16.6 Å². The van der Waals surface area contributed by atoms with Gasteiger partial charge in [-0.1, -0.05) is 59.7 Å². The molecule has 0 saturated carbocycles. The average Bonchev–Trinajstić information content (AvgIpc) is 2.77. The van der Waals surface area contributed by atoms with E-state index < -0.39 is 8.32 Å². The number of pyridine rings is 1. The second-order valence-corrected chi connectivity index (χ2v) is 15.3. The van der Waals surface area contributed by atoms with E-state index in [0.29, 0.717) is 16.6 Å². The molecule has 6 heteroatoms. The molecule has 0 aliphatic carbocycles. The van der Waals surface area contributed by atoms with Crippen LogP contribution in [0.15, 0.2) is 54.3 Å². The molecule has 2 heterocycles. The Labute approximate surface area is 200 Å². The molecule has 180 valence electrons. The first-order chi connectivity index (χ1) is 15.6. The molecular formula is C27H40N2O3Si. The van der Waals surface area contributed by atoms with Crippen LogP contribution in [0.1, 0.15) is 65.8 Å². The lowest BCUT2D eigenvalue weighted by Crippen LogP contribution is -2.51. The lowest BCUT2D eigenvalue weighted by Gasteiger charge is -2.46. The summed E-state index contributed by atoms with van der Waals surface area (Å²) >= 11 is 0. The third kappa shape index (κ3) is 5.12. The third-order valence-electron chi connectivity index (χ3n) is 6.83. The largest absolute Gasteiger partial charge is 0.544 e. The predicted octanol–water partition coefficient (Wildman–Crippen LogP) is 7.36. The first-order valence-electron chi connectivity index (χ1n) is 12.0. The number of nitrogens with zero attached hydrogens (tertiary/aromatic N) is 2. The Morgan fingerprint density at radius 1 is 0.970 bits per heavy atom. The van der Waals surface area contributed by atoms with Crippen molar-refractivity contribution in [3.8, 4) is 5.75 Å². The molecule has 0 radical (unpaired) electrons. The summed E-state index contributed by atoms with van der Waals surface area (Å²) in [6.45, 7) is 18.0. The lowest BCUT2D eigenvalue weighted by molar-refractivity contribution is 0.0260. The Morgan fingerprint density at radius 3 is 2.18 bits per heavy atom. The van der Waals surface area contributed by atoms with E-state index in [1.165, 1.54) is 0 Å². The Bertz CT molecular complexity index is 952. The molecule has 1 aromatic heterocycles. The number of ether oxygens (including phenoxy) is 1. The van der Waals surface area contributed by atoms with Gasteiger partial charge in [0.05, 0.1) is 7.11 Å². The smallest absolute Gasteiger partial charge is 0.258 e. The molecule has 0 saturated heterocycles. The van der Waals surface area contributed by atoms with Gasteiger partial charge in [-0.2, -0.15) is 0 Å². The van der Waals surface area contributed by atoms with E-state index >= 15 is 0 Å². The number of aromatic nitrogens is 1. The molecule has 1 aromatic carbocycles. The fourth-order valence-electron chi connectivity index (χ4n) is 5.20. The SMILES string of the molecule is COc1cccc([C@H]2C=C(O[Si](C(C)C)(C(C)C)C(C)C)[C@@H](C)N(c3cccc(C)n3)O2)c1. The fraction of sp³-hybridized carbons (Fsp3) is 0.519. The number of anilines is 1. The molecule has 1 aliphatic rings. The van der Waals surface area contributed by atoms with Crippen LogP contribution in [0, 0.1) is 6.92 Å². The second-order valence-electron chi connectivity index (χ2n) is 9.93. The van der Waals surface area contributed by atoms with E-state index in [4.69, 9.17) is 19.0 Å². The van der Waals surface area contributed by atoms with E-state index in [0.717, 1.165) is 28.6 Å². The first-order valence-corrected chi connectivity index (χ1v) is 14.2. The summed E-state index contributed by atoms with van der Waals surface area (Å²) in [5.74, 6) is 2.57. The highest BCUT2D eigenvalue weighted by molar-refractivity contribution is 6.77. The van der Waals surface area contributed by atoms with Crippen molar-refractivity contribution in [1.29, 1.82) is 0 Å². The summed E-state index contributed by atoms with van der Waals surface area (Å²) in [5, 5.41) is 1.91. The van der Waals surface area contributed by atoms with Crippen molar-refractivity contribution in [2.75, 3.05) is 12.2 Å². The van der Waals surface area contributed by atoms with Gasteiger partial charge in [0.25, 0.3) is 8.32 Å². The maximum atomic E-state index is 7.19. The standard InChI is InChI=1S/C27H40N2O3Si/c1-18(2)33(19(3)4,20(5)6)32-25-17-26(23-13-11-14-24(16-23)30-9)31-29(22(25)8)27-15-10-12-21(7)28-27/h10-20,22,26H,1-9H3/t22-,26-/m1/s1. The second kappa shape index (κ2) is 10.3. The number of hydroxylamine groups is 1. The van der Waals surface area contributed by atoms with E-state index in [9.17, 15) is 0 Å². The quantitative estimate of drug-likeness (QED) is 0.379. The molecule has 3 rings (SSSR count). The van der Waals surface area contributed by atoms with Gasteiger partial charge in [0.2, 0.25) is 0 Å². The molecule has 2 atom stereocenters. The van der Waals surface area contributed by atoms with Crippen molar-refractivity contribution in [2.45, 2.75) is 84.2 Å². The summed E-state index contributed by atoms with van der Waals surface area (Å²) in [4.78, 5) is 11.3. The topological polar surface area (TPSA) is 43.8 Å². The van der Waals surface area contributed by atoms with Crippen molar-refractivity contribution in [1.82, 2.24) is 4.98 Å². The fourth-order valence-corrected chi connectivity index (χ4v) is 10.6. The van der Waals surface area contributed by atoms with Crippen LogP contribution < -0.4 is 9.80 Å². The molecule has 2 aromatic rings. The minimum atomic E-state index is -2.14. The monoisotopic (exact) mass is 468 g/mol. The molecule has 33 heavy (non-hydrogen) atoms. The van der Waals surface area contributed by atoms with Gasteiger partial charge < -0.3 is 9.16 Å². The van der Waals surface area contributed by atoms with Crippen molar-refractivity contribution in [2.24, 2.45) is 0 Å². The van der Waals surface area contributed by atoms with Crippen molar-refractivity contribution in [3.63, 3.8) is 0 Å². The van der Waals surface area contributed by atoms with Gasteiger partial charge >= 0.3 is 0 Å². The van der Waals surface area contributed by atoms with Crippen LogP contribution >= 0.6 is 0 Å². The van der Waals surface area contributed by atoms with Crippen molar-refractivity contribution < 1.29 is 14.0 Å². The van der Waals surface area contributed by atoms with Gasteiger partial charge in [-0.05, 0) is 66.4 Å². The zero-order valence-electron chi connectivity index (χ0n) is 21.6. The average molecular weight is 469 g/mol. The summed E-state index contributed by atoms with van der Waals surface area (Å²) in [6, 6.07) is 13.9. The van der Waals surface area contributed by atoms with E-state index in [2.05, 4.69) is 60.6 Å². The van der Waals surface area contributed by atoms with Gasteiger partial charge in [-0.25, -0.2) is 10.0 Å². The van der Waals surface area contributed by atoms with Gasteiger partial charge in [0.1, 0.15) is 23.7 Å². The van der Waals surface area contributed by atoms with Crippen molar-refractivity contribution in [3.05, 3.63) is 65.6 Å². The molecule has 5 nitrogen and oxygen atoms in total. The molecule has 0 fully saturated rings. The summed E-state index contributed by atoms with van der Waals surface area (Å²) in [7, 11) is -0.458. The third-order valence-corrected chi connectivity index (χ3v) is 12.8. The summed E-state index contributed by atoms with van der Waals surface area (Å²) < 4.78 is 12.7. The van der Waals surface area contributed by atoms with Crippen LogP contribution in [0.5, 0.6) is 5.75 Å². The number of methoxy groups -OCH3 is 1. The minimum absolute atomic E-state index is 0.0933. The predicted molar refractivity (Wildman–Crippen MR) is 138 cm³/mol. The number of rotatable bonds is 8. The molecule has 0 N–H and O–H groups in total. The molecule has 0 bridgehead atoms. The van der Waals surface area contributed by atoms with Gasteiger partial charge in [0, 0.05) is 5.69 Å². The molecule has 0 unspecified atom stereocenters. The zero-order valence-corrected chi connectivity index (χ0v) is 22.6. The van der Waals surface area contributed by atoms with Crippen molar-refractivity contribution >= 4 is 14.1 Å². The normalized spacial score (nSPS) is 19.3. The van der Waals surface area contributed by atoms with Gasteiger partial charge in [0.15, 0.2) is 5.82 Å². The van der Waals surface area contributed by atoms with Crippen LogP contribution in [-0.4, -0.2) is 26.5 Å². The Kier molecular flexibility index (Phi) is 7.91. The van der Waals surface area contributed by atoms with Crippen LogP contribution in [0.3, 0.4) is 0 Å². The molecule has 1 aliphatic heterocycles.